The molecule has 0 heterocycles. The number of hydrogen-bond acceptors (Lipinski definition) is 2. The van der Waals surface area contributed by atoms with E-state index >= 15 is 0 Å². The van der Waals surface area contributed by atoms with Crippen molar-refractivity contribution in [3.05, 3.63) is 33.8 Å². The highest BCUT2D eigenvalue weighted by molar-refractivity contribution is 6.42. The normalized spacial score (nSPS) is 25.3. The van der Waals surface area contributed by atoms with Crippen LogP contribution >= 0.6 is 23.2 Å². The van der Waals surface area contributed by atoms with Gasteiger partial charge in [0, 0.05) is 0 Å². The SMILES string of the molecule is CCC1CCC(C(NN)c2cccc(Cl)c2Cl)C1. The number of rotatable bonds is 4. The highest BCUT2D eigenvalue weighted by atomic mass is 35.5. The maximum absolute atomic E-state index is 6.29. The van der Waals surface area contributed by atoms with Crippen molar-refractivity contribution >= 4 is 23.2 Å². The first-order chi connectivity index (χ1) is 8.67. The van der Waals surface area contributed by atoms with Crippen molar-refractivity contribution in [2.45, 2.75) is 38.6 Å². The Morgan fingerprint density at radius 3 is 2.78 bits per heavy atom. The van der Waals surface area contributed by atoms with E-state index in [0.29, 0.717) is 16.0 Å². The molecule has 1 aromatic carbocycles. The van der Waals surface area contributed by atoms with Gasteiger partial charge in [0.15, 0.2) is 0 Å². The second-order valence-electron chi connectivity index (χ2n) is 5.13. The summed E-state index contributed by atoms with van der Waals surface area (Å²) in [4.78, 5) is 0. The maximum atomic E-state index is 6.29. The van der Waals surface area contributed by atoms with Crippen LogP contribution in [-0.4, -0.2) is 0 Å². The zero-order valence-electron chi connectivity index (χ0n) is 10.6. The van der Waals surface area contributed by atoms with Gasteiger partial charge in [0.05, 0.1) is 16.1 Å². The van der Waals surface area contributed by atoms with Gasteiger partial charge in [-0.2, -0.15) is 0 Å². The van der Waals surface area contributed by atoms with Crippen molar-refractivity contribution in [2.24, 2.45) is 17.7 Å². The Morgan fingerprint density at radius 2 is 2.17 bits per heavy atom. The lowest BCUT2D eigenvalue weighted by molar-refractivity contribution is 0.358. The molecule has 2 nitrogen and oxygen atoms in total. The Bertz CT molecular complexity index is 409. The molecule has 1 saturated carbocycles. The van der Waals surface area contributed by atoms with E-state index in [9.17, 15) is 0 Å². The van der Waals surface area contributed by atoms with Crippen molar-refractivity contribution in [3.63, 3.8) is 0 Å². The van der Waals surface area contributed by atoms with E-state index in [2.05, 4.69) is 12.3 Å². The molecule has 1 aliphatic rings. The van der Waals surface area contributed by atoms with Crippen LogP contribution < -0.4 is 11.3 Å². The zero-order valence-corrected chi connectivity index (χ0v) is 12.1. The third-order valence-electron chi connectivity index (χ3n) is 4.13. The van der Waals surface area contributed by atoms with Gasteiger partial charge in [-0.3, -0.25) is 11.3 Å². The van der Waals surface area contributed by atoms with E-state index in [0.717, 1.165) is 11.5 Å². The average Bonchev–Trinajstić information content (AvgIpc) is 2.84. The van der Waals surface area contributed by atoms with E-state index in [1.54, 1.807) is 0 Å². The number of nitrogens with two attached hydrogens (primary N) is 1. The van der Waals surface area contributed by atoms with Gasteiger partial charge in [0.1, 0.15) is 0 Å². The van der Waals surface area contributed by atoms with Crippen LogP contribution in [0.1, 0.15) is 44.2 Å². The molecule has 18 heavy (non-hydrogen) atoms. The van der Waals surface area contributed by atoms with Gasteiger partial charge in [-0.25, -0.2) is 0 Å². The first-order valence-electron chi connectivity index (χ1n) is 6.57. The molecule has 0 saturated heterocycles. The molecule has 1 fully saturated rings. The maximum Gasteiger partial charge on any atom is 0.0640 e. The lowest BCUT2D eigenvalue weighted by atomic mass is 9.91. The Balaban J connectivity index is 2.21. The molecule has 1 aliphatic carbocycles. The molecule has 3 atom stereocenters. The third-order valence-corrected chi connectivity index (χ3v) is 4.96. The first kappa shape index (κ1) is 14.1. The quantitative estimate of drug-likeness (QED) is 0.639. The van der Waals surface area contributed by atoms with E-state index < -0.39 is 0 Å². The van der Waals surface area contributed by atoms with Gasteiger partial charge >= 0.3 is 0 Å². The summed E-state index contributed by atoms with van der Waals surface area (Å²) in [6.45, 7) is 2.25. The van der Waals surface area contributed by atoms with Crippen LogP contribution in [0.3, 0.4) is 0 Å². The molecule has 0 spiro atoms. The largest absolute Gasteiger partial charge is 0.271 e. The number of benzene rings is 1. The van der Waals surface area contributed by atoms with Gasteiger partial charge in [0.2, 0.25) is 0 Å². The zero-order chi connectivity index (χ0) is 13.1. The van der Waals surface area contributed by atoms with Crippen LogP contribution in [0.25, 0.3) is 0 Å². The summed E-state index contributed by atoms with van der Waals surface area (Å²) in [6, 6.07) is 5.86. The summed E-state index contributed by atoms with van der Waals surface area (Å²) in [5.74, 6) is 7.11. The van der Waals surface area contributed by atoms with Crippen LogP contribution in [0.15, 0.2) is 18.2 Å². The van der Waals surface area contributed by atoms with E-state index in [1.807, 2.05) is 18.2 Å². The van der Waals surface area contributed by atoms with Crippen molar-refractivity contribution < 1.29 is 0 Å². The average molecular weight is 287 g/mol. The summed E-state index contributed by atoms with van der Waals surface area (Å²) >= 11 is 12.4. The van der Waals surface area contributed by atoms with Gasteiger partial charge in [-0.1, -0.05) is 55.1 Å². The highest BCUT2D eigenvalue weighted by Gasteiger charge is 2.31. The van der Waals surface area contributed by atoms with Crippen LogP contribution in [-0.2, 0) is 0 Å². The van der Waals surface area contributed by atoms with Crippen molar-refractivity contribution in [2.75, 3.05) is 0 Å². The van der Waals surface area contributed by atoms with Gasteiger partial charge in [0.25, 0.3) is 0 Å². The highest BCUT2D eigenvalue weighted by Crippen LogP contribution is 2.42. The summed E-state index contributed by atoms with van der Waals surface area (Å²) in [5, 5.41) is 1.22. The molecule has 0 amide bonds. The fourth-order valence-electron chi connectivity index (χ4n) is 3.03. The second kappa shape index (κ2) is 6.25. The topological polar surface area (TPSA) is 38.0 Å². The molecule has 0 bridgehead atoms. The molecule has 4 heteroatoms. The standard InChI is InChI=1S/C14H20Cl2N2/c1-2-9-6-7-10(8-9)14(18-17)11-4-3-5-12(15)13(11)16/h3-5,9-10,14,18H,2,6-8,17H2,1H3. The monoisotopic (exact) mass is 286 g/mol. The summed E-state index contributed by atoms with van der Waals surface area (Å²) in [5.41, 5.74) is 3.95. The number of nitrogens with one attached hydrogen (secondary N) is 1. The van der Waals surface area contributed by atoms with Crippen LogP contribution in [0.5, 0.6) is 0 Å². The van der Waals surface area contributed by atoms with E-state index in [-0.39, 0.29) is 6.04 Å². The molecule has 3 N–H and O–H groups in total. The van der Waals surface area contributed by atoms with Crippen LogP contribution in [0.2, 0.25) is 10.0 Å². The first-order valence-corrected chi connectivity index (χ1v) is 7.33. The minimum absolute atomic E-state index is 0.104. The summed E-state index contributed by atoms with van der Waals surface area (Å²) in [6.07, 6.45) is 4.96. The fraction of sp³-hybridized carbons (Fsp3) is 0.571. The Labute approximate surface area is 119 Å². The van der Waals surface area contributed by atoms with Gasteiger partial charge in [-0.05, 0) is 36.3 Å². The lowest BCUT2D eigenvalue weighted by Gasteiger charge is -2.24. The second-order valence-corrected chi connectivity index (χ2v) is 5.92. The van der Waals surface area contributed by atoms with Crippen molar-refractivity contribution in [1.29, 1.82) is 0 Å². The minimum Gasteiger partial charge on any atom is -0.271 e. The molecule has 100 valence electrons. The van der Waals surface area contributed by atoms with Crippen molar-refractivity contribution in [1.82, 2.24) is 5.43 Å². The smallest absolute Gasteiger partial charge is 0.0640 e. The number of hydrazine groups is 1. The van der Waals surface area contributed by atoms with E-state index in [1.165, 1.54) is 25.7 Å². The van der Waals surface area contributed by atoms with Gasteiger partial charge < -0.3 is 0 Å². The molecule has 1 aromatic rings. The molecule has 0 aromatic heterocycles. The van der Waals surface area contributed by atoms with Gasteiger partial charge in [-0.15, -0.1) is 0 Å². The molecular formula is C14H20Cl2N2. The number of halogens is 2. The van der Waals surface area contributed by atoms with Crippen LogP contribution in [0.4, 0.5) is 0 Å². The Kier molecular flexibility index (Phi) is 4.91. The molecule has 0 radical (unpaired) electrons. The fourth-order valence-corrected chi connectivity index (χ4v) is 3.45. The lowest BCUT2D eigenvalue weighted by Crippen LogP contribution is -2.33. The molecular weight excluding hydrogens is 267 g/mol. The van der Waals surface area contributed by atoms with E-state index in [4.69, 9.17) is 29.0 Å². The van der Waals surface area contributed by atoms with Crippen LogP contribution in [0, 0.1) is 11.8 Å². The Morgan fingerprint density at radius 1 is 1.39 bits per heavy atom. The molecule has 3 unspecified atom stereocenters. The molecule has 2 rings (SSSR count). The third kappa shape index (κ3) is 2.83. The Hall–Kier alpha value is -0.280. The van der Waals surface area contributed by atoms with Crippen molar-refractivity contribution in [3.8, 4) is 0 Å². The summed E-state index contributed by atoms with van der Waals surface area (Å²) in [7, 11) is 0. The molecule has 0 aliphatic heterocycles. The summed E-state index contributed by atoms with van der Waals surface area (Å²) < 4.78 is 0. The predicted molar refractivity (Wildman–Crippen MR) is 77.6 cm³/mol. The predicted octanol–water partition coefficient (Wildman–Crippen LogP) is 4.32. The minimum atomic E-state index is 0.104. The number of hydrogen-bond donors (Lipinski definition) is 2.